The molecule has 1 aliphatic heterocycles. The zero-order valence-corrected chi connectivity index (χ0v) is 12.8. The lowest BCUT2D eigenvalue weighted by atomic mass is 9.86. The van der Waals surface area contributed by atoms with Gasteiger partial charge in [-0.1, -0.05) is 12.5 Å². The minimum Gasteiger partial charge on any atom is -0.454 e. The standard InChI is InChI=1S/C18H23NO3/c20-18(10-15-8-13-1-3-14(15)7-13)19-6-5-12-2-4-16-17(9-12)22-11-21-16/h2,4,9,13-15H,1,3,5-8,10-11H2,(H,19,20)/t13-,14-,15+/m0/s1. The van der Waals surface area contributed by atoms with E-state index in [-0.39, 0.29) is 5.91 Å². The molecule has 2 fully saturated rings. The van der Waals surface area contributed by atoms with Gasteiger partial charge in [-0.2, -0.15) is 0 Å². The van der Waals surface area contributed by atoms with Crippen LogP contribution in [0.3, 0.4) is 0 Å². The molecule has 1 heterocycles. The van der Waals surface area contributed by atoms with Gasteiger partial charge in [-0.25, -0.2) is 0 Å². The topological polar surface area (TPSA) is 47.6 Å². The molecule has 0 radical (unpaired) electrons. The van der Waals surface area contributed by atoms with Crippen LogP contribution in [-0.4, -0.2) is 19.2 Å². The van der Waals surface area contributed by atoms with Gasteiger partial charge in [-0.15, -0.1) is 0 Å². The van der Waals surface area contributed by atoms with Crippen LogP contribution < -0.4 is 14.8 Å². The number of carbonyl (C=O) groups excluding carboxylic acids is 1. The number of fused-ring (bicyclic) bond motifs is 3. The predicted octanol–water partition coefficient (Wildman–Crippen LogP) is 2.90. The summed E-state index contributed by atoms with van der Waals surface area (Å²) in [6.45, 7) is 0.998. The van der Waals surface area contributed by atoms with Crippen LogP contribution in [0.25, 0.3) is 0 Å². The van der Waals surface area contributed by atoms with Crippen LogP contribution in [0.4, 0.5) is 0 Å². The molecule has 2 saturated carbocycles. The maximum absolute atomic E-state index is 12.1. The second kappa shape index (κ2) is 5.82. The zero-order valence-electron chi connectivity index (χ0n) is 12.8. The summed E-state index contributed by atoms with van der Waals surface area (Å²) in [4.78, 5) is 12.1. The molecule has 3 aliphatic rings. The number of nitrogens with one attached hydrogen (secondary N) is 1. The van der Waals surface area contributed by atoms with E-state index in [0.29, 0.717) is 19.3 Å². The normalized spacial score (nSPS) is 28.1. The molecule has 2 aliphatic carbocycles. The van der Waals surface area contributed by atoms with Crippen molar-refractivity contribution in [3.05, 3.63) is 23.8 Å². The molecule has 22 heavy (non-hydrogen) atoms. The number of amides is 1. The smallest absolute Gasteiger partial charge is 0.231 e. The van der Waals surface area contributed by atoms with E-state index in [0.717, 1.165) is 36.2 Å². The van der Waals surface area contributed by atoms with E-state index in [1.807, 2.05) is 18.2 Å². The molecule has 1 aromatic carbocycles. The maximum atomic E-state index is 12.1. The van der Waals surface area contributed by atoms with Crippen molar-refractivity contribution in [2.75, 3.05) is 13.3 Å². The lowest BCUT2D eigenvalue weighted by Gasteiger charge is -2.20. The lowest BCUT2D eigenvalue weighted by molar-refractivity contribution is -0.122. The minimum absolute atomic E-state index is 0.221. The number of carbonyl (C=O) groups is 1. The van der Waals surface area contributed by atoms with Gasteiger partial charge in [0.2, 0.25) is 12.7 Å². The van der Waals surface area contributed by atoms with Crippen molar-refractivity contribution in [3.8, 4) is 11.5 Å². The van der Waals surface area contributed by atoms with Crippen molar-refractivity contribution in [3.63, 3.8) is 0 Å². The summed E-state index contributed by atoms with van der Waals surface area (Å²) >= 11 is 0. The highest BCUT2D eigenvalue weighted by Gasteiger charge is 2.39. The second-order valence-electron chi connectivity index (χ2n) is 6.93. The Labute approximate surface area is 131 Å². The fraction of sp³-hybridized carbons (Fsp3) is 0.611. The van der Waals surface area contributed by atoms with Gasteiger partial charge < -0.3 is 14.8 Å². The van der Waals surface area contributed by atoms with Gasteiger partial charge in [0.15, 0.2) is 11.5 Å². The third kappa shape index (κ3) is 2.79. The molecule has 4 heteroatoms. The van der Waals surface area contributed by atoms with E-state index in [1.165, 1.54) is 31.2 Å². The predicted molar refractivity (Wildman–Crippen MR) is 82.8 cm³/mol. The molecule has 0 unspecified atom stereocenters. The van der Waals surface area contributed by atoms with Gasteiger partial charge in [-0.05, 0) is 61.1 Å². The van der Waals surface area contributed by atoms with E-state index < -0.39 is 0 Å². The fourth-order valence-electron chi connectivity index (χ4n) is 4.38. The molecule has 4 rings (SSSR count). The molecule has 0 aromatic heterocycles. The van der Waals surface area contributed by atoms with Gasteiger partial charge in [0.1, 0.15) is 0 Å². The van der Waals surface area contributed by atoms with E-state index >= 15 is 0 Å². The average molecular weight is 301 g/mol. The molecule has 4 nitrogen and oxygen atoms in total. The Morgan fingerprint density at radius 1 is 1.18 bits per heavy atom. The summed E-state index contributed by atoms with van der Waals surface area (Å²) < 4.78 is 10.7. The van der Waals surface area contributed by atoms with Gasteiger partial charge in [0.05, 0.1) is 0 Å². The van der Waals surface area contributed by atoms with Gasteiger partial charge >= 0.3 is 0 Å². The molecular formula is C18H23NO3. The highest BCUT2D eigenvalue weighted by Crippen LogP contribution is 2.49. The van der Waals surface area contributed by atoms with Gasteiger partial charge in [-0.3, -0.25) is 4.79 Å². The SMILES string of the molecule is O=C(C[C@H]1C[C@H]2CC[C@H]1C2)NCCc1ccc2c(c1)OCO2. The van der Waals surface area contributed by atoms with E-state index in [2.05, 4.69) is 5.32 Å². The Bertz CT molecular complexity index is 571. The first kappa shape index (κ1) is 13.9. The second-order valence-corrected chi connectivity index (χ2v) is 6.93. The Morgan fingerprint density at radius 3 is 2.91 bits per heavy atom. The van der Waals surface area contributed by atoms with Gasteiger partial charge in [0, 0.05) is 13.0 Å². The number of benzene rings is 1. The third-order valence-electron chi connectivity index (χ3n) is 5.50. The molecule has 1 amide bonds. The van der Waals surface area contributed by atoms with E-state index in [9.17, 15) is 4.79 Å². The van der Waals surface area contributed by atoms with Crippen LogP contribution in [0, 0.1) is 17.8 Å². The van der Waals surface area contributed by atoms with Crippen molar-refractivity contribution in [1.82, 2.24) is 5.32 Å². The van der Waals surface area contributed by atoms with E-state index in [4.69, 9.17) is 9.47 Å². The fourth-order valence-corrected chi connectivity index (χ4v) is 4.38. The molecule has 118 valence electrons. The Balaban J connectivity index is 1.22. The van der Waals surface area contributed by atoms with Crippen LogP contribution in [0.5, 0.6) is 11.5 Å². The van der Waals surface area contributed by atoms with Gasteiger partial charge in [0.25, 0.3) is 0 Å². The number of hydrogen-bond donors (Lipinski definition) is 1. The van der Waals surface area contributed by atoms with Crippen LogP contribution in [0.1, 0.15) is 37.7 Å². The summed E-state index contributed by atoms with van der Waals surface area (Å²) in [5, 5.41) is 3.07. The molecule has 1 N–H and O–H groups in total. The van der Waals surface area contributed by atoms with Crippen LogP contribution in [-0.2, 0) is 11.2 Å². The van der Waals surface area contributed by atoms with Crippen LogP contribution in [0.2, 0.25) is 0 Å². The van der Waals surface area contributed by atoms with Crippen molar-refractivity contribution in [2.45, 2.75) is 38.5 Å². The molecular weight excluding hydrogens is 278 g/mol. The first-order chi connectivity index (χ1) is 10.8. The molecule has 2 bridgehead atoms. The Hall–Kier alpha value is -1.71. The molecule has 0 saturated heterocycles. The first-order valence-corrected chi connectivity index (χ1v) is 8.43. The number of hydrogen-bond acceptors (Lipinski definition) is 3. The highest BCUT2D eigenvalue weighted by atomic mass is 16.7. The quantitative estimate of drug-likeness (QED) is 0.909. The first-order valence-electron chi connectivity index (χ1n) is 8.43. The van der Waals surface area contributed by atoms with Crippen molar-refractivity contribution < 1.29 is 14.3 Å². The average Bonchev–Trinajstić information content (AvgIpc) is 3.22. The van der Waals surface area contributed by atoms with Crippen LogP contribution in [0.15, 0.2) is 18.2 Å². The Kier molecular flexibility index (Phi) is 3.68. The molecule has 1 aromatic rings. The highest BCUT2D eigenvalue weighted by molar-refractivity contribution is 5.76. The summed E-state index contributed by atoms with van der Waals surface area (Å²) in [5.74, 6) is 4.22. The largest absolute Gasteiger partial charge is 0.454 e. The van der Waals surface area contributed by atoms with E-state index in [1.54, 1.807) is 0 Å². The lowest BCUT2D eigenvalue weighted by Crippen LogP contribution is -2.29. The minimum atomic E-state index is 0.221. The monoisotopic (exact) mass is 301 g/mol. The number of ether oxygens (including phenoxy) is 2. The van der Waals surface area contributed by atoms with Crippen molar-refractivity contribution >= 4 is 5.91 Å². The third-order valence-corrected chi connectivity index (χ3v) is 5.50. The summed E-state index contributed by atoms with van der Waals surface area (Å²) in [6.07, 6.45) is 6.95. The summed E-state index contributed by atoms with van der Waals surface area (Å²) in [7, 11) is 0. The molecule has 3 atom stereocenters. The number of rotatable bonds is 5. The summed E-state index contributed by atoms with van der Waals surface area (Å²) in [5.41, 5.74) is 1.17. The zero-order chi connectivity index (χ0) is 14.9. The maximum Gasteiger partial charge on any atom is 0.231 e. The molecule has 0 spiro atoms. The van der Waals surface area contributed by atoms with Crippen molar-refractivity contribution in [1.29, 1.82) is 0 Å². The van der Waals surface area contributed by atoms with Crippen molar-refractivity contribution in [2.24, 2.45) is 17.8 Å². The Morgan fingerprint density at radius 2 is 2.09 bits per heavy atom. The summed E-state index contributed by atoms with van der Waals surface area (Å²) in [6, 6.07) is 5.98. The van der Waals surface area contributed by atoms with Crippen LogP contribution >= 0.6 is 0 Å².